The van der Waals surface area contributed by atoms with Crippen LogP contribution in [0.5, 0.6) is 0 Å². The van der Waals surface area contributed by atoms with Gasteiger partial charge in [0, 0.05) is 27.2 Å². The van der Waals surface area contributed by atoms with Gasteiger partial charge in [-0.15, -0.1) is 11.3 Å². The van der Waals surface area contributed by atoms with Gasteiger partial charge in [-0.3, -0.25) is 0 Å². The first kappa shape index (κ1) is 8.43. The van der Waals surface area contributed by atoms with Crippen molar-refractivity contribution in [3.8, 4) is 11.3 Å². The molecule has 5 heteroatoms. The lowest BCUT2D eigenvalue weighted by molar-refractivity contribution is 0.558. The van der Waals surface area contributed by atoms with E-state index in [-0.39, 0.29) is 0 Å². The standard InChI is InChI=1S/C10H7N3OS/c11-10-9-6(7-3-14-5-13-7)4-15-8(9)1-2-12-10/h1-5H,(H2,11,12). The van der Waals surface area contributed by atoms with E-state index >= 15 is 0 Å². The van der Waals surface area contributed by atoms with E-state index in [1.54, 1.807) is 23.8 Å². The first-order chi connectivity index (χ1) is 7.36. The Kier molecular flexibility index (Phi) is 1.72. The number of pyridine rings is 1. The van der Waals surface area contributed by atoms with Gasteiger partial charge < -0.3 is 10.2 Å². The van der Waals surface area contributed by atoms with Gasteiger partial charge in [0.15, 0.2) is 6.39 Å². The molecule has 0 amide bonds. The van der Waals surface area contributed by atoms with E-state index in [2.05, 4.69) is 9.97 Å². The summed E-state index contributed by atoms with van der Waals surface area (Å²) < 4.78 is 6.07. The van der Waals surface area contributed by atoms with Gasteiger partial charge in [0.25, 0.3) is 0 Å². The molecule has 3 aromatic heterocycles. The van der Waals surface area contributed by atoms with Gasteiger partial charge in [-0.05, 0) is 6.07 Å². The predicted molar refractivity (Wildman–Crippen MR) is 59.5 cm³/mol. The summed E-state index contributed by atoms with van der Waals surface area (Å²) >= 11 is 1.62. The molecule has 0 aliphatic rings. The van der Waals surface area contributed by atoms with Gasteiger partial charge >= 0.3 is 0 Å². The number of nitrogens with zero attached hydrogens (tertiary/aromatic N) is 2. The number of hydrogen-bond donors (Lipinski definition) is 1. The molecule has 0 radical (unpaired) electrons. The minimum atomic E-state index is 0.534. The summed E-state index contributed by atoms with van der Waals surface area (Å²) in [7, 11) is 0. The van der Waals surface area contributed by atoms with Crippen molar-refractivity contribution in [2.75, 3.05) is 5.73 Å². The number of nitrogen functional groups attached to an aromatic ring is 1. The fourth-order valence-corrected chi connectivity index (χ4v) is 2.50. The Morgan fingerprint density at radius 2 is 2.27 bits per heavy atom. The molecule has 15 heavy (non-hydrogen) atoms. The third kappa shape index (κ3) is 1.20. The van der Waals surface area contributed by atoms with Gasteiger partial charge in [0.05, 0.1) is 0 Å². The van der Waals surface area contributed by atoms with E-state index < -0.39 is 0 Å². The van der Waals surface area contributed by atoms with Crippen LogP contribution in [0.15, 0.2) is 34.7 Å². The molecule has 3 rings (SSSR count). The van der Waals surface area contributed by atoms with Crippen molar-refractivity contribution in [2.45, 2.75) is 0 Å². The zero-order chi connectivity index (χ0) is 10.3. The summed E-state index contributed by atoms with van der Waals surface area (Å²) in [4.78, 5) is 8.18. The maximum absolute atomic E-state index is 5.84. The van der Waals surface area contributed by atoms with Crippen LogP contribution in [0.1, 0.15) is 0 Å². The topological polar surface area (TPSA) is 64.9 Å². The predicted octanol–water partition coefficient (Wildman–Crippen LogP) is 2.53. The normalized spacial score (nSPS) is 10.9. The molecule has 0 spiro atoms. The highest BCUT2D eigenvalue weighted by Crippen LogP contribution is 2.35. The first-order valence-corrected chi connectivity index (χ1v) is 5.24. The lowest BCUT2D eigenvalue weighted by atomic mass is 10.1. The Morgan fingerprint density at radius 3 is 3.07 bits per heavy atom. The van der Waals surface area contributed by atoms with Crippen LogP contribution in [0.4, 0.5) is 5.82 Å². The summed E-state index contributed by atoms with van der Waals surface area (Å²) in [6.45, 7) is 0. The summed E-state index contributed by atoms with van der Waals surface area (Å²) in [5.74, 6) is 0.534. The molecule has 0 fully saturated rings. The average Bonchev–Trinajstić information content (AvgIpc) is 2.85. The van der Waals surface area contributed by atoms with Crippen molar-refractivity contribution >= 4 is 27.2 Å². The van der Waals surface area contributed by atoms with Crippen molar-refractivity contribution in [1.29, 1.82) is 0 Å². The van der Waals surface area contributed by atoms with Crippen LogP contribution in [-0.4, -0.2) is 9.97 Å². The lowest BCUT2D eigenvalue weighted by Crippen LogP contribution is -1.89. The van der Waals surface area contributed by atoms with Crippen molar-refractivity contribution in [1.82, 2.24) is 9.97 Å². The summed E-state index contributed by atoms with van der Waals surface area (Å²) in [6, 6.07) is 1.94. The maximum atomic E-state index is 5.84. The molecule has 0 saturated carbocycles. The molecule has 4 nitrogen and oxygen atoms in total. The number of rotatable bonds is 1. The molecule has 0 atom stereocenters. The van der Waals surface area contributed by atoms with Gasteiger partial charge in [-0.1, -0.05) is 0 Å². The van der Waals surface area contributed by atoms with Gasteiger partial charge in [0.1, 0.15) is 17.8 Å². The Labute approximate surface area is 89.4 Å². The summed E-state index contributed by atoms with van der Waals surface area (Å²) in [6.07, 6.45) is 4.72. The van der Waals surface area contributed by atoms with E-state index in [4.69, 9.17) is 10.2 Å². The molecule has 0 unspecified atom stereocenters. The second-order valence-electron chi connectivity index (χ2n) is 3.09. The third-order valence-corrected chi connectivity index (χ3v) is 3.17. The van der Waals surface area contributed by atoms with E-state index in [0.29, 0.717) is 5.82 Å². The third-order valence-electron chi connectivity index (χ3n) is 2.22. The van der Waals surface area contributed by atoms with Crippen LogP contribution in [0.3, 0.4) is 0 Å². The van der Waals surface area contributed by atoms with Crippen LogP contribution >= 0.6 is 11.3 Å². The first-order valence-electron chi connectivity index (χ1n) is 4.36. The van der Waals surface area contributed by atoms with Crippen LogP contribution < -0.4 is 5.73 Å². The highest BCUT2D eigenvalue weighted by Gasteiger charge is 2.11. The van der Waals surface area contributed by atoms with Crippen LogP contribution in [0, 0.1) is 0 Å². The number of oxazole rings is 1. The highest BCUT2D eigenvalue weighted by atomic mass is 32.1. The summed E-state index contributed by atoms with van der Waals surface area (Å²) in [5.41, 5.74) is 7.62. The monoisotopic (exact) mass is 217 g/mol. The molecule has 0 saturated heterocycles. The molecule has 0 aliphatic heterocycles. The van der Waals surface area contributed by atoms with E-state index in [9.17, 15) is 0 Å². The zero-order valence-electron chi connectivity index (χ0n) is 7.68. The van der Waals surface area contributed by atoms with E-state index in [0.717, 1.165) is 21.3 Å². The molecule has 3 aromatic rings. The second-order valence-corrected chi connectivity index (χ2v) is 4.00. The lowest BCUT2D eigenvalue weighted by Gasteiger charge is -1.97. The Hall–Kier alpha value is -1.88. The molecular weight excluding hydrogens is 210 g/mol. The highest BCUT2D eigenvalue weighted by molar-refractivity contribution is 7.17. The second kappa shape index (κ2) is 3.06. The van der Waals surface area contributed by atoms with E-state index in [1.165, 1.54) is 6.39 Å². The summed E-state index contributed by atoms with van der Waals surface area (Å²) in [5, 5.41) is 2.97. The molecule has 2 N–H and O–H groups in total. The average molecular weight is 217 g/mol. The van der Waals surface area contributed by atoms with Crippen molar-refractivity contribution in [3.05, 3.63) is 30.3 Å². The minimum absolute atomic E-state index is 0.534. The van der Waals surface area contributed by atoms with Crippen LogP contribution in [0.25, 0.3) is 21.3 Å². The van der Waals surface area contributed by atoms with Gasteiger partial charge in [-0.25, -0.2) is 9.97 Å². The maximum Gasteiger partial charge on any atom is 0.181 e. The molecule has 0 bridgehead atoms. The Morgan fingerprint density at radius 1 is 1.33 bits per heavy atom. The number of fused-ring (bicyclic) bond motifs is 1. The number of thiophene rings is 1. The number of nitrogens with two attached hydrogens (primary N) is 1. The van der Waals surface area contributed by atoms with Crippen LogP contribution in [0.2, 0.25) is 0 Å². The molecule has 74 valence electrons. The Bertz CT molecular complexity index is 600. The molecule has 0 aromatic carbocycles. The molecule has 3 heterocycles. The van der Waals surface area contributed by atoms with Crippen molar-refractivity contribution in [3.63, 3.8) is 0 Å². The fraction of sp³-hybridized carbons (Fsp3) is 0. The molecular formula is C10H7N3OS. The smallest absolute Gasteiger partial charge is 0.181 e. The fourth-order valence-electron chi connectivity index (χ4n) is 1.54. The van der Waals surface area contributed by atoms with Crippen molar-refractivity contribution < 1.29 is 4.42 Å². The number of anilines is 1. The number of aromatic nitrogens is 2. The van der Waals surface area contributed by atoms with Gasteiger partial charge in [0.2, 0.25) is 0 Å². The Balaban J connectivity index is 2.37. The van der Waals surface area contributed by atoms with E-state index in [1.807, 2.05) is 11.4 Å². The minimum Gasteiger partial charge on any atom is -0.451 e. The molecule has 0 aliphatic carbocycles. The number of hydrogen-bond acceptors (Lipinski definition) is 5. The van der Waals surface area contributed by atoms with Crippen LogP contribution in [-0.2, 0) is 0 Å². The zero-order valence-corrected chi connectivity index (χ0v) is 8.49. The van der Waals surface area contributed by atoms with Crippen molar-refractivity contribution in [2.24, 2.45) is 0 Å². The van der Waals surface area contributed by atoms with Gasteiger partial charge in [-0.2, -0.15) is 0 Å². The quantitative estimate of drug-likeness (QED) is 0.680. The largest absolute Gasteiger partial charge is 0.451 e. The SMILES string of the molecule is Nc1nccc2scc(-c3cocn3)c12.